The predicted molar refractivity (Wildman–Crippen MR) is 54.7 cm³/mol. The number of hydrogen-bond acceptors (Lipinski definition) is 3. The second-order valence-electron chi connectivity index (χ2n) is 3.38. The molecule has 1 atom stereocenters. The molecule has 3 nitrogen and oxygen atoms in total. The predicted octanol–water partition coefficient (Wildman–Crippen LogP) is 1.09. The van der Waals surface area contributed by atoms with Gasteiger partial charge in [0.2, 0.25) is 0 Å². The lowest BCUT2D eigenvalue weighted by atomic mass is 10.2. The maximum Gasteiger partial charge on any atom is 0.178 e. The molecule has 0 saturated heterocycles. The van der Waals surface area contributed by atoms with Crippen molar-refractivity contribution in [2.24, 2.45) is 5.92 Å². The van der Waals surface area contributed by atoms with Gasteiger partial charge in [0.25, 0.3) is 0 Å². The smallest absolute Gasteiger partial charge is 0.178 e. The van der Waals surface area contributed by atoms with Crippen LogP contribution in [0.15, 0.2) is 35.2 Å². The highest BCUT2D eigenvalue weighted by atomic mass is 32.2. The average Bonchev–Trinajstić information content (AvgIpc) is 2.18. The first kappa shape index (κ1) is 11.2. The number of benzene rings is 1. The Morgan fingerprint density at radius 1 is 1.29 bits per heavy atom. The fraction of sp³-hybridized carbons (Fsp3) is 0.400. The van der Waals surface area contributed by atoms with Gasteiger partial charge in [0.15, 0.2) is 9.84 Å². The molecule has 1 rings (SSSR count). The van der Waals surface area contributed by atoms with Crippen molar-refractivity contribution in [3.63, 3.8) is 0 Å². The van der Waals surface area contributed by atoms with E-state index in [1.165, 1.54) is 0 Å². The van der Waals surface area contributed by atoms with Gasteiger partial charge >= 0.3 is 0 Å². The van der Waals surface area contributed by atoms with Gasteiger partial charge in [-0.05, 0) is 18.1 Å². The minimum atomic E-state index is -3.23. The normalized spacial score (nSPS) is 13.9. The maximum absolute atomic E-state index is 11.7. The number of hydrogen-bond donors (Lipinski definition) is 1. The van der Waals surface area contributed by atoms with Gasteiger partial charge in [-0.1, -0.05) is 25.1 Å². The van der Waals surface area contributed by atoms with Gasteiger partial charge in [-0.25, -0.2) is 8.42 Å². The van der Waals surface area contributed by atoms with E-state index in [1.807, 2.05) is 0 Å². The van der Waals surface area contributed by atoms with Gasteiger partial charge in [-0.15, -0.1) is 0 Å². The fourth-order valence-corrected chi connectivity index (χ4v) is 2.77. The summed E-state index contributed by atoms with van der Waals surface area (Å²) in [6.45, 7) is 1.60. The van der Waals surface area contributed by atoms with E-state index in [0.29, 0.717) is 4.90 Å². The maximum atomic E-state index is 11.7. The molecule has 0 aliphatic carbocycles. The topological polar surface area (TPSA) is 54.4 Å². The largest absolute Gasteiger partial charge is 0.396 e. The second-order valence-corrected chi connectivity index (χ2v) is 5.42. The first-order chi connectivity index (χ1) is 6.56. The van der Waals surface area contributed by atoms with Crippen molar-refractivity contribution in [2.75, 3.05) is 12.4 Å². The molecule has 0 bridgehead atoms. The van der Waals surface area contributed by atoms with E-state index >= 15 is 0 Å². The summed E-state index contributed by atoms with van der Waals surface area (Å²) in [6, 6.07) is 8.29. The molecule has 0 aromatic heterocycles. The van der Waals surface area contributed by atoms with Crippen LogP contribution in [0.1, 0.15) is 6.92 Å². The number of aliphatic hydroxyl groups excluding tert-OH is 1. The van der Waals surface area contributed by atoms with E-state index in [-0.39, 0.29) is 18.3 Å². The lowest BCUT2D eigenvalue weighted by Gasteiger charge is -2.08. The SMILES string of the molecule is C[C@@H](CO)CS(=O)(=O)c1ccccc1. The highest BCUT2D eigenvalue weighted by molar-refractivity contribution is 7.91. The zero-order valence-electron chi connectivity index (χ0n) is 8.05. The van der Waals surface area contributed by atoms with Crippen LogP contribution in [0.4, 0.5) is 0 Å². The number of sulfone groups is 1. The summed E-state index contributed by atoms with van der Waals surface area (Å²) in [6.07, 6.45) is 0. The molecule has 0 fully saturated rings. The Morgan fingerprint density at radius 2 is 1.86 bits per heavy atom. The molecule has 0 aliphatic heterocycles. The average molecular weight is 214 g/mol. The molecule has 0 radical (unpaired) electrons. The second kappa shape index (κ2) is 4.57. The standard InChI is InChI=1S/C10H14O3S/c1-9(7-11)8-14(12,13)10-5-3-2-4-6-10/h2-6,9,11H,7-8H2,1H3/t9-/m0/s1. The molecule has 4 heteroatoms. The molecule has 0 unspecified atom stereocenters. The van der Waals surface area contributed by atoms with Crippen molar-refractivity contribution in [3.8, 4) is 0 Å². The molecule has 14 heavy (non-hydrogen) atoms. The van der Waals surface area contributed by atoms with Crippen LogP contribution >= 0.6 is 0 Å². The summed E-state index contributed by atoms with van der Waals surface area (Å²) in [4.78, 5) is 0.320. The zero-order valence-corrected chi connectivity index (χ0v) is 8.87. The van der Waals surface area contributed by atoms with Crippen LogP contribution in [0.25, 0.3) is 0 Å². The molecule has 0 spiro atoms. The Kier molecular flexibility index (Phi) is 3.66. The summed E-state index contributed by atoms with van der Waals surface area (Å²) in [5.74, 6) is -0.228. The third-order valence-corrected chi connectivity index (χ3v) is 3.92. The molecule has 0 amide bonds. The molecule has 1 N–H and O–H groups in total. The summed E-state index contributed by atoms with van der Waals surface area (Å²) < 4.78 is 23.4. The molecule has 0 saturated carbocycles. The van der Waals surface area contributed by atoms with Crippen LogP contribution in [0.5, 0.6) is 0 Å². The third kappa shape index (κ3) is 2.82. The summed E-state index contributed by atoms with van der Waals surface area (Å²) in [5, 5.41) is 8.78. The summed E-state index contributed by atoms with van der Waals surface area (Å²) in [5.41, 5.74) is 0. The Hall–Kier alpha value is -0.870. The minimum Gasteiger partial charge on any atom is -0.396 e. The quantitative estimate of drug-likeness (QED) is 0.816. The monoisotopic (exact) mass is 214 g/mol. The van der Waals surface area contributed by atoms with Gasteiger partial charge in [0.05, 0.1) is 10.6 Å². The Morgan fingerprint density at radius 3 is 2.36 bits per heavy atom. The molecule has 1 aromatic rings. The number of rotatable bonds is 4. The minimum absolute atomic E-state index is 0.00644. The Balaban J connectivity index is 2.87. The summed E-state index contributed by atoms with van der Waals surface area (Å²) in [7, 11) is -3.23. The highest BCUT2D eigenvalue weighted by Gasteiger charge is 2.17. The van der Waals surface area contributed by atoms with Crippen molar-refractivity contribution >= 4 is 9.84 Å². The van der Waals surface area contributed by atoms with Crippen LogP contribution in [0, 0.1) is 5.92 Å². The molecule has 1 aromatic carbocycles. The van der Waals surface area contributed by atoms with E-state index < -0.39 is 9.84 Å². The molecule has 0 aliphatic rings. The Labute approximate surface area is 84.3 Å². The lowest BCUT2D eigenvalue weighted by Crippen LogP contribution is -2.16. The lowest BCUT2D eigenvalue weighted by molar-refractivity contribution is 0.249. The van der Waals surface area contributed by atoms with Gasteiger partial charge in [0, 0.05) is 6.61 Å². The highest BCUT2D eigenvalue weighted by Crippen LogP contribution is 2.13. The van der Waals surface area contributed by atoms with Crippen molar-refractivity contribution in [1.29, 1.82) is 0 Å². The van der Waals surface area contributed by atoms with Crippen LogP contribution in [-0.2, 0) is 9.84 Å². The van der Waals surface area contributed by atoms with Crippen molar-refractivity contribution in [1.82, 2.24) is 0 Å². The molecular formula is C10H14O3S. The summed E-state index contributed by atoms with van der Waals surface area (Å²) >= 11 is 0. The molecule has 78 valence electrons. The Bertz CT molecular complexity index is 370. The van der Waals surface area contributed by atoms with Gasteiger partial charge in [0.1, 0.15) is 0 Å². The van der Waals surface area contributed by atoms with E-state index in [0.717, 1.165) is 0 Å². The van der Waals surface area contributed by atoms with Crippen molar-refractivity contribution in [3.05, 3.63) is 30.3 Å². The van der Waals surface area contributed by atoms with E-state index in [4.69, 9.17) is 5.11 Å². The van der Waals surface area contributed by atoms with Gasteiger partial charge in [-0.2, -0.15) is 0 Å². The first-order valence-corrected chi connectivity index (χ1v) is 6.10. The number of aliphatic hydroxyl groups is 1. The van der Waals surface area contributed by atoms with E-state index in [2.05, 4.69) is 0 Å². The van der Waals surface area contributed by atoms with Gasteiger partial charge < -0.3 is 5.11 Å². The fourth-order valence-electron chi connectivity index (χ4n) is 1.15. The zero-order chi connectivity index (χ0) is 10.6. The van der Waals surface area contributed by atoms with Crippen molar-refractivity contribution in [2.45, 2.75) is 11.8 Å². The third-order valence-electron chi connectivity index (χ3n) is 1.92. The molecule has 0 heterocycles. The van der Waals surface area contributed by atoms with Gasteiger partial charge in [-0.3, -0.25) is 0 Å². The molecular weight excluding hydrogens is 200 g/mol. The van der Waals surface area contributed by atoms with Crippen LogP contribution in [-0.4, -0.2) is 25.9 Å². The van der Waals surface area contributed by atoms with Crippen molar-refractivity contribution < 1.29 is 13.5 Å². The van der Waals surface area contributed by atoms with E-state index in [9.17, 15) is 8.42 Å². The van der Waals surface area contributed by atoms with Crippen LogP contribution in [0.3, 0.4) is 0 Å². The van der Waals surface area contributed by atoms with E-state index in [1.54, 1.807) is 37.3 Å². The van der Waals surface area contributed by atoms with Crippen LogP contribution in [0.2, 0.25) is 0 Å². The van der Waals surface area contributed by atoms with Crippen LogP contribution < -0.4 is 0 Å². The first-order valence-electron chi connectivity index (χ1n) is 4.45.